The lowest BCUT2D eigenvalue weighted by Gasteiger charge is -2.08. The number of anilines is 1. The molecule has 2 rings (SSSR count). The average Bonchev–Trinajstić information content (AvgIpc) is 2.50. The van der Waals surface area contributed by atoms with Gasteiger partial charge in [-0.2, -0.15) is 13.2 Å². The van der Waals surface area contributed by atoms with Crippen LogP contribution in [0.4, 0.5) is 18.9 Å². The fraction of sp³-hybridized carbons (Fsp3) is 0.375. The topological polar surface area (TPSA) is 24.9 Å². The number of nitrogens with one attached hydrogen (secondary N) is 1. The first-order chi connectivity index (χ1) is 6.48. The van der Waals surface area contributed by atoms with Crippen LogP contribution in [0, 0.1) is 0 Å². The van der Waals surface area contributed by atoms with Crippen molar-refractivity contribution in [3.05, 3.63) is 22.5 Å². The molecule has 1 aliphatic rings. The van der Waals surface area contributed by atoms with Crippen molar-refractivity contribution in [2.24, 2.45) is 0 Å². The summed E-state index contributed by atoms with van der Waals surface area (Å²) in [5.41, 5.74) is 0.160. The Kier molecular flexibility index (Phi) is 2.06. The van der Waals surface area contributed by atoms with Crippen LogP contribution in [-0.2, 0) is 12.6 Å². The highest BCUT2D eigenvalue weighted by Gasteiger charge is 2.34. The zero-order valence-electron chi connectivity index (χ0n) is 6.95. The normalized spacial score (nSPS) is 15.1. The number of alkyl halides is 3. The lowest BCUT2D eigenvalue weighted by molar-refractivity contribution is -0.141. The zero-order chi connectivity index (χ0) is 10.3. The second-order valence-electron chi connectivity index (χ2n) is 3.00. The summed E-state index contributed by atoms with van der Waals surface area (Å²) in [6.07, 6.45) is -3.82. The van der Waals surface area contributed by atoms with E-state index < -0.39 is 11.9 Å². The lowest BCUT2D eigenvalue weighted by Crippen LogP contribution is -2.08. The van der Waals surface area contributed by atoms with Crippen molar-refractivity contribution in [1.29, 1.82) is 0 Å². The Labute approximate surface area is 83.1 Å². The maximum absolute atomic E-state index is 12.3. The standard InChI is InChI=1S/C8H6ClF3N2/c9-7-4-1-2-13-5(4)3-6(14-7)8(10,11)12/h3,13H,1-2H2. The third-order valence-corrected chi connectivity index (χ3v) is 2.37. The Morgan fingerprint density at radius 1 is 1.43 bits per heavy atom. The number of halogens is 4. The highest BCUT2D eigenvalue weighted by atomic mass is 35.5. The first-order valence-electron chi connectivity index (χ1n) is 3.99. The molecule has 0 radical (unpaired) electrons. The average molecular weight is 223 g/mol. The summed E-state index contributed by atoms with van der Waals surface area (Å²) in [4.78, 5) is 3.32. The lowest BCUT2D eigenvalue weighted by atomic mass is 10.2. The molecular formula is C8H6ClF3N2. The fourth-order valence-corrected chi connectivity index (χ4v) is 1.69. The first kappa shape index (κ1) is 9.58. The Hall–Kier alpha value is -0.970. The molecule has 1 N–H and O–H groups in total. The Morgan fingerprint density at radius 2 is 2.14 bits per heavy atom. The molecule has 14 heavy (non-hydrogen) atoms. The molecule has 1 aromatic rings. The van der Waals surface area contributed by atoms with E-state index in [1.807, 2.05) is 0 Å². The van der Waals surface area contributed by atoms with E-state index in [9.17, 15) is 13.2 Å². The van der Waals surface area contributed by atoms with Crippen LogP contribution in [-0.4, -0.2) is 11.5 Å². The van der Waals surface area contributed by atoms with Crippen molar-refractivity contribution in [3.8, 4) is 0 Å². The molecule has 0 aliphatic carbocycles. The molecule has 1 aliphatic heterocycles. The minimum Gasteiger partial charge on any atom is -0.384 e. The second kappa shape index (κ2) is 3.02. The van der Waals surface area contributed by atoms with Gasteiger partial charge in [-0.3, -0.25) is 0 Å². The third kappa shape index (κ3) is 1.52. The highest BCUT2D eigenvalue weighted by molar-refractivity contribution is 6.30. The maximum Gasteiger partial charge on any atom is 0.433 e. The van der Waals surface area contributed by atoms with E-state index in [0.717, 1.165) is 6.07 Å². The molecule has 0 bridgehead atoms. The molecule has 0 unspecified atom stereocenters. The van der Waals surface area contributed by atoms with E-state index in [1.165, 1.54) is 0 Å². The molecule has 0 fully saturated rings. The SMILES string of the molecule is FC(F)(F)c1cc2c(c(Cl)n1)CCN2. The monoisotopic (exact) mass is 222 g/mol. The summed E-state index contributed by atoms with van der Waals surface area (Å²) in [7, 11) is 0. The molecule has 0 amide bonds. The van der Waals surface area contributed by atoms with Gasteiger partial charge in [0.05, 0.1) is 0 Å². The van der Waals surface area contributed by atoms with Gasteiger partial charge in [0.25, 0.3) is 0 Å². The van der Waals surface area contributed by atoms with Crippen LogP contribution in [0.1, 0.15) is 11.3 Å². The Balaban J connectivity index is 2.52. The van der Waals surface area contributed by atoms with Crippen molar-refractivity contribution in [2.75, 3.05) is 11.9 Å². The smallest absolute Gasteiger partial charge is 0.384 e. The van der Waals surface area contributed by atoms with Gasteiger partial charge >= 0.3 is 6.18 Å². The number of hydrogen-bond donors (Lipinski definition) is 1. The Bertz CT molecular complexity index is 376. The van der Waals surface area contributed by atoms with Gasteiger partial charge < -0.3 is 5.32 Å². The van der Waals surface area contributed by atoms with E-state index in [1.54, 1.807) is 0 Å². The number of rotatable bonds is 0. The molecule has 6 heteroatoms. The predicted molar refractivity (Wildman–Crippen MR) is 46.4 cm³/mol. The van der Waals surface area contributed by atoms with Crippen LogP contribution in [0.15, 0.2) is 6.07 Å². The summed E-state index contributed by atoms with van der Waals surface area (Å²) < 4.78 is 36.9. The number of fused-ring (bicyclic) bond motifs is 1. The molecule has 0 atom stereocenters. The molecule has 0 aromatic carbocycles. The van der Waals surface area contributed by atoms with Crippen LogP contribution in [0.25, 0.3) is 0 Å². The van der Waals surface area contributed by atoms with Gasteiger partial charge in [-0.05, 0) is 12.5 Å². The van der Waals surface area contributed by atoms with E-state index in [2.05, 4.69) is 10.3 Å². The van der Waals surface area contributed by atoms with Crippen molar-refractivity contribution in [3.63, 3.8) is 0 Å². The molecule has 0 saturated carbocycles. The quantitative estimate of drug-likeness (QED) is 0.683. The Morgan fingerprint density at radius 3 is 2.79 bits per heavy atom. The van der Waals surface area contributed by atoms with Crippen LogP contribution >= 0.6 is 11.6 Å². The van der Waals surface area contributed by atoms with Crippen LogP contribution in [0.5, 0.6) is 0 Å². The molecule has 76 valence electrons. The van der Waals surface area contributed by atoms with E-state index in [-0.39, 0.29) is 5.15 Å². The molecule has 1 aromatic heterocycles. The highest BCUT2D eigenvalue weighted by Crippen LogP contribution is 2.35. The number of hydrogen-bond acceptors (Lipinski definition) is 2. The van der Waals surface area contributed by atoms with Crippen LogP contribution in [0.3, 0.4) is 0 Å². The fourth-order valence-electron chi connectivity index (χ4n) is 1.40. The number of aromatic nitrogens is 1. The van der Waals surface area contributed by atoms with Crippen molar-refractivity contribution in [2.45, 2.75) is 12.6 Å². The predicted octanol–water partition coefficient (Wildman–Crippen LogP) is 2.72. The van der Waals surface area contributed by atoms with Crippen molar-refractivity contribution >= 4 is 17.3 Å². The number of nitrogens with zero attached hydrogens (tertiary/aromatic N) is 1. The van der Waals surface area contributed by atoms with Gasteiger partial charge in [0.15, 0.2) is 0 Å². The van der Waals surface area contributed by atoms with Crippen molar-refractivity contribution in [1.82, 2.24) is 4.98 Å². The zero-order valence-corrected chi connectivity index (χ0v) is 7.71. The second-order valence-corrected chi connectivity index (χ2v) is 3.36. The summed E-state index contributed by atoms with van der Waals surface area (Å²) in [5.74, 6) is 0. The third-order valence-electron chi connectivity index (χ3n) is 2.05. The van der Waals surface area contributed by atoms with E-state index in [0.29, 0.717) is 24.2 Å². The van der Waals surface area contributed by atoms with Gasteiger partial charge in [-0.25, -0.2) is 4.98 Å². The summed E-state index contributed by atoms with van der Waals surface area (Å²) in [5, 5.41) is 2.77. The minimum atomic E-state index is -4.44. The van der Waals surface area contributed by atoms with Crippen LogP contribution < -0.4 is 5.32 Å². The first-order valence-corrected chi connectivity index (χ1v) is 4.37. The van der Waals surface area contributed by atoms with Gasteiger partial charge in [0.1, 0.15) is 10.8 Å². The molecule has 0 spiro atoms. The molecule has 2 nitrogen and oxygen atoms in total. The van der Waals surface area contributed by atoms with Gasteiger partial charge in [-0.15, -0.1) is 0 Å². The summed E-state index contributed by atoms with van der Waals surface area (Å²) >= 11 is 5.63. The molecule has 0 saturated heterocycles. The van der Waals surface area contributed by atoms with E-state index >= 15 is 0 Å². The summed E-state index contributed by atoms with van der Waals surface area (Å²) in [6.45, 7) is 0.609. The van der Waals surface area contributed by atoms with E-state index in [4.69, 9.17) is 11.6 Å². The largest absolute Gasteiger partial charge is 0.433 e. The maximum atomic E-state index is 12.3. The summed E-state index contributed by atoms with van der Waals surface area (Å²) in [6, 6.07) is 0.994. The number of pyridine rings is 1. The molecule has 2 heterocycles. The van der Waals surface area contributed by atoms with Gasteiger partial charge in [0.2, 0.25) is 0 Å². The van der Waals surface area contributed by atoms with Crippen molar-refractivity contribution < 1.29 is 13.2 Å². The minimum absolute atomic E-state index is 0.0557. The van der Waals surface area contributed by atoms with Gasteiger partial charge in [0, 0.05) is 17.8 Å². The van der Waals surface area contributed by atoms with Gasteiger partial charge in [-0.1, -0.05) is 11.6 Å². The van der Waals surface area contributed by atoms with Crippen LogP contribution in [0.2, 0.25) is 5.15 Å². The molecular weight excluding hydrogens is 217 g/mol.